The fourth-order valence-electron chi connectivity index (χ4n) is 2.30. The molecule has 0 atom stereocenters. The number of halogens is 1. The number of anilines is 2. The van der Waals surface area contributed by atoms with E-state index in [-0.39, 0.29) is 17.6 Å². The Morgan fingerprint density at radius 1 is 0.926 bits per heavy atom. The van der Waals surface area contributed by atoms with Gasteiger partial charge in [-0.3, -0.25) is 14.6 Å². The lowest BCUT2D eigenvalue weighted by atomic mass is 10.2. The third-order valence-electron chi connectivity index (χ3n) is 3.61. The van der Waals surface area contributed by atoms with Crippen LogP contribution in [0.15, 0.2) is 79.1 Å². The fraction of sp³-hybridized carbons (Fsp3) is 0. The van der Waals surface area contributed by atoms with Gasteiger partial charge in [0.05, 0.1) is 5.56 Å². The van der Waals surface area contributed by atoms with Gasteiger partial charge >= 0.3 is 0 Å². The highest BCUT2D eigenvalue weighted by Gasteiger charge is 2.06. The summed E-state index contributed by atoms with van der Waals surface area (Å²) in [6, 6.07) is 15.9. The van der Waals surface area contributed by atoms with Crippen LogP contribution >= 0.6 is 0 Å². The number of hydrogen-bond acceptors (Lipinski definition) is 3. The molecule has 1 heterocycles. The number of carbonyl (C=O) groups excluding carboxylic acids is 2. The van der Waals surface area contributed by atoms with Crippen LogP contribution in [-0.4, -0.2) is 16.8 Å². The van der Waals surface area contributed by atoms with Crippen LogP contribution in [0.25, 0.3) is 6.08 Å². The van der Waals surface area contributed by atoms with Gasteiger partial charge in [0.25, 0.3) is 5.91 Å². The van der Waals surface area contributed by atoms with E-state index in [4.69, 9.17) is 0 Å². The minimum atomic E-state index is -0.338. The molecule has 0 aliphatic carbocycles. The van der Waals surface area contributed by atoms with Gasteiger partial charge in [0.1, 0.15) is 5.82 Å². The smallest absolute Gasteiger partial charge is 0.257 e. The van der Waals surface area contributed by atoms with Crippen LogP contribution in [0.3, 0.4) is 0 Å². The van der Waals surface area contributed by atoms with Crippen LogP contribution in [0, 0.1) is 5.82 Å². The number of amides is 2. The molecule has 6 heteroatoms. The number of rotatable bonds is 5. The maximum Gasteiger partial charge on any atom is 0.257 e. The fourth-order valence-corrected chi connectivity index (χ4v) is 2.30. The van der Waals surface area contributed by atoms with Gasteiger partial charge in [0, 0.05) is 29.8 Å². The maximum atomic E-state index is 12.9. The number of carbonyl (C=O) groups is 2. The van der Waals surface area contributed by atoms with E-state index in [1.54, 1.807) is 60.8 Å². The summed E-state index contributed by atoms with van der Waals surface area (Å²) in [5.74, 6) is -0.959. The average molecular weight is 361 g/mol. The van der Waals surface area contributed by atoms with Gasteiger partial charge in [-0.15, -0.1) is 0 Å². The van der Waals surface area contributed by atoms with Gasteiger partial charge in [-0.05, 0) is 54.1 Å². The molecule has 134 valence electrons. The molecule has 0 bridgehead atoms. The number of aromatic nitrogens is 1. The largest absolute Gasteiger partial charge is 0.322 e. The summed E-state index contributed by atoms with van der Waals surface area (Å²) in [5, 5.41) is 5.46. The van der Waals surface area contributed by atoms with Crippen LogP contribution in [0.5, 0.6) is 0 Å². The Kier molecular flexibility index (Phi) is 5.69. The molecule has 2 amide bonds. The van der Waals surface area contributed by atoms with Crippen molar-refractivity contribution in [3.63, 3.8) is 0 Å². The zero-order valence-corrected chi connectivity index (χ0v) is 14.2. The van der Waals surface area contributed by atoms with Gasteiger partial charge in [-0.2, -0.15) is 0 Å². The number of pyridine rings is 1. The van der Waals surface area contributed by atoms with Crippen LogP contribution in [0.2, 0.25) is 0 Å². The lowest BCUT2D eigenvalue weighted by molar-refractivity contribution is -0.111. The predicted octanol–water partition coefficient (Wildman–Crippen LogP) is 4.12. The highest BCUT2D eigenvalue weighted by molar-refractivity contribution is 6.05. The monoisotopic (exact) mass is 361 g/mol. The molecule has 0 fully saturated rings. The highest BCUT2D eigenvalue weighted by atomic mass is 19.1. The van der Waals surface area contributed by atoms with Gasteiger partial charge in [-0.1, -0.05) is 18.2 Å². The van der Waals surface area contributed by atoms with Crippen molar-refractivity contribution in [2.75, 3.05) is 10.6 Å². The molecule has 3 rings (SSSR count). The number of benzene rings is 2. The number of nitrogens with zero attached hydrogens (tertiary/aromatic N) is 1. The van der Waals surface area contributed by atoms with Crippen LogP contribution in [-0.2, 0) is 4.79 Å². The van der Waals surface area contributed by atoms with Crippen LogP contribution in [0.1, 0.15) is 15.9 Å². The summed E-state index contributed by atoms with van der Waals surface area (Å²) in [4.78, 5) is 28.1. The molecule has 0 saturated carbocycles. The van der Waals surface area contributed by atoms with Crippen LogP contribution < -0.4 is 10.6 Å². The van der Waals surface area contributed by atoms with Crippen molar-refractivity contribution in [2.45, 2.75) is 0 Å². The van der Waals surface area contributed by atoms with Gasteiger partial charge < -0.3 is 10.6 Å². The molecular formula is C21H16FN3O2. The summed E-state index contributed by atoms with van der Waals surface area (Å²) >= 11 is 0. The zero-order chi connectivity index (χ0) is 19.1. The van der Waals surface area contributed by atoms with Crippen molar-refractivity contribution in [1.82, 2.24) is 4.98 Å². The van der Waals surface area contributed by atoms with Crippen molar-refractivity contribution in [3.8, 4) is 0 Å². The quantitative estimate of drug-likeness (QED) is 0.672. The summed E-state index contributed by atoms with van der Waals surface area (Å²) < 4.78 is 12.9. The molecule has 0 saturated heterocycles. The van der Waals surface area contributed by atoms with E-state index in [2.05, 4.69) is 15.6 Å². The van der Waals surface area contributed by atoms with Crippen molar-refractivity contribution < 1.29 is 14.0 Å². The first-order valence-electron chi connectivity index (χ1n) is 8.16. The molecule has 0 radical (unpaired) electrons. The van der Waals surface area contributed by atoms with Crippen molar-refractivity contribution in [2.24, 2.45) is 0 Å². The second kappa shape index (κ2) is 8.53. The standard InChI is InChI=1S/C21H16FN3O2/c22-17-9-6-15(7-10-17)8-11-20(26)24-18-4-1-5-19(13-18)25-21(27)16-3-2-12-23-14-16/h1-14H,(H,24,26)(H,25,27)/b11-8+. The van der Waals surface area contributed by atoms with E-state index in [9.17, 15) is 14.0 Å². The molecule has 0 aliphatic rings. The summed E-state index contributed by atoms with van der Waals surface area (Å²) in [7, 11) is 0. The normalized spacial score (nSPS) is 10.6. The molecular weight excluding hydrogens is 345 g/mol. The van der Waals surface area contributed by atoms with E-state index >= 15 is 0 Å². The minimum absolute atomic E-state index is 0.289. The molecule has 0 spiro atoms. The SMILES string of the molecule is O=C(/C=C/c1ccc(F)cc1)Nc1cccc(NC(=O)c2cccnc2)c1. The molecule has 3 aromatic rings. The first-order chi connectivity index (χ1) is 13.1. The second-order valence-corrected chi connectivity index (χ2v) is 5.65. The van der Waals surface area contributed by atoms with Gasteiger partial charge in [0.15, 0.2) is 0 Å². The number of hydrogen-bond donors (Lipinski definition) is 2. The Morgan fingerprint density at radius 2 is 1.67 bits per heavy atom. The topological polar surface area (TPSA) is 71.1 Å². The van der Waals surface area contributed by atoms with Gasteiger partial charge in [-0.25, -0.2) is 4.39 Å². The van der Waals surface area contributed by atoms with Crippen molar-refractivity contribution in [1.29, 1.82) is 0 Å². The second-order valence-electron chi connectivity index (χ2n) is 5.65. The number of nitrogens with one attached hydrogen (secondary N) is 2. The zero-order valence-electron chi connectivity index (χ0n) is 14.2. The van der Waals surface area contributed by atoms with E-state index in [1.807, 2.05) is 0 Å². The third-order valence-corrected chi connectivity index (χ3v) is 3.61. The predicted molar refractivity (Wildman–Crippen MR) is 103 cm³/mol. The molecule has 0 aliphatic heterocycles. The Labute approximate surface area is 155 Å². The molecule has 2 aromatic carbocycles. The van der Waals surface area contributed by atoms with Crippen molar-refractivity contribution in [3.05, 3.63) is 96.1 Å². The molecule has 2 N–H and O–H groups in total. The van der Waals surface area contributed by atoms with E-state index < -0.39 is 0 Å². The van der Waals surface area contributed by atoms with Gasteiger partial charge in [0.2, 0.25) is 5.91 Å². The summed E-state index contributed by atoms with van der Waals surface area (Å²) in [6.45, 7) is 0. The Morgan fingerprint density at radius 3 is 2.37 bits per heavy atom. The Hall–Kier alpha value is -3.80. The molecule has 5 nitrogen and oxygen atoms in total. The minimum Gasteiger partial charge on any atom is -0.322 e. The average Bonchev–Trinajstić information content (AvgIpc) is 2.68. The summed E-state index contributed by atoms with van der Waals surface area (Å²) in [5.41, 5.74) is 2.23. The molecule has 0 unspecified atom stereocenters. The maximum absolute atomic E-state index is 12.9. The Bertz CT molecular complexity index is 970. The first kappa shape index (κ1) is 18.0. The molecule has 1 aromatic heterocycles. The summed E-state index contributed by atoms with van der Waals surface area (Å²) in [6.07, 6.45) is 6.00. The van der Waals surface area contributed by atoms with Crippen LogP contribution in [0.4, 0.5) is 15.8 Å². The Balaban J connectivity index is 1.62. The van der Waals surface area contributed by atoms with E-state index in [0.717, 1.165) is 0 Å². The first-order valence-corrected chi connectivity index (χ1v) is 8.16. The lowest BCUT2D eigenvalue weighted by Crippen LogP contribution is -2.13. The lowest BCUT2D eigenvalue weighted by Gasteiger charge is -2.08. The van der Waals surface area contributed by atoms with E-state index in [1.165, 1.54) is 24.4 Å². The highest BCUT2D eigenvalue weighted by Crippen LogP contribution is 2.16. The third kappa shape index (κ3) is 5.34. The van der Waals surface area contributed by atoms with Crippen molar-refractivity contribution >= 4 is 29.3 Å². The van der Waals surface area contributed by atoms with E-state index in [0.29, 0.717) is 22.5 Å². The molecule has 27 heavy (non-hydrogen) atoms.